The van der Waals surface area contributed by atoms with Gasteiger partial charge in [-0.2, -0.15) is 0 Å². The summed E-state index contributed by atoms with van der Waals surface area (Å²) < 4.78 is 10.6. The highest BCUT2D eigenvalue weighted by atomic mass is 16.5. The van der Waals surface area contributed by atoms with Crippen molar-refractivity contribution in [1.29, 1.82) is 0 Å². The first-order valence-corrected chi connectivity index (χ1v) is 5.03. The molecular formula is C11H16N2O2. The van der Waals surface area contributed by atoms with Crippen LogP contribution >= 0.6 is 0 Å². The van der Waals surface area contributed by atoms with Gasteiger partial charge in [0.2, 0.25) is 0 Å². The van der Waals surface area contributed by atoms with Gasteiger partial charge in [-0.05, 0) is 18.2 Å². The summed E-state index contributed by atoms with van der Waals surface area (Å²) in [7, 11) is 3.37. The molecule has 0 amide bonds. The third-order valence-electron chi connectivity index (χ3n) is 2.70. The number of rotatable bonds is 3. The molecule has 1 aliphatic rings. The van der Waals surface area contributed by atoms with E-state index in [1.807, 2.05) is 18.2 Å². The molecule has 15 heavy (non-hydrogen) atoms. The van der Waals surface area contributed by atoms with Gasteiger partial charge in [-0.15, -0.1) is 0 Å². The van der Waals surface area contributed by atoms with Gasteiger partial charge < -0.3 is 9.47 Å². The van der Waals surface area contributed by atoms with Gasteiger partial charge in [0.1, 0.15) is 11.5 Å². The lowest BCUT2D eigenvalue weighted by Crippen LogP contribution is -2.21. The summed E-state index contributed by atoms with van der Waals surface area (Å²) in [5, 5.41) is 0. The molecule has 4 heteroatoms. The van der Waals surface area contributed by atoms with Crippen LogP contribution < -0.4 is 20.3 Å². The summed E-state index contributed by atoms with van der Waals surface area (Å²) in [5.74, 6) is 2.24. The monoisotopic (exact) mass is 208 g/mol. The second-order valence-corrected chi connectivity index (χ2v) is 3.57. The first kappa shape index (κ1) is 10.3. The van der Waals surface area contributed by atoms with Gasteiger partial charge in [0.05, 0.1) is 14.2 Å². The summed E-state index contributed by atoms with van der Waals surface area (Å²) in [6, 6.07) is 5.91. The molecule has 0 bridgehead atoms. The van der Waals surface area contributed by atoms with Crippen LogP contribution in [0.5, 0.6) is 11.5 Å². The fourth-order valence-corrected chi connectivity index (χ4v) is 1.84. The molecule has 0 saturated carbocycles. The Bertz CT molecular complexity index is 335. The molecule has 0 unspecified atom stereocenters. The first-order chi connectivity index (χ1) is 7.35. The normalized spacial score (nSPS) is 16.7. The maximum atomic E-state index is 5.35. The molecule has 1 aromatic rings. The van der Waals surface area contributed by atoms with E-state index in [0.29, 0.717) is 5.92 Å². The average molecular weight is 208 g/mol. The van der Waals surface area contributed by atoms with Crippen molar-refractivity contribution in [2.75, 3.05) is 27.3 Å². The molecular weight excluding hydrogens is 192 g/mol. The molecule has 0 radical (unpaired) electrons. The fourth-order valence-electron chi connectivity index (χ4n) is 1.84. The van der Waals surface area contributed by atoms with Gasteiger partial charge in [-0.3, -0.25) is 10.9 Å². The number of hydrazine groups is 1. The lowest BCUT2D eigenvalue weighted by Gasteiger charge is -2.14. The topological polar surface area (TPSA) is 42.5 Å². The molecule has 2 rings (SSSR count). The van der Waals surface area contributed by atoms with Crippen molar-refractivity contribution in [1.82, 2.24) is 10.9 Å². The van der Waals surface area contributed by atoms with E-state index in [1.165, 1.54) is 5.56 Å². The minimum Gasteiger partial charge on any atom is -0.497 e. The van der Waals surface area contributed by atoms with E-state index in [-0.39, 0.29) is 0 Å². The predicted molar refractivity (Wildman–Crippen MR) is 58.3 cm³/mol. The van der Waals surface area contributed by atoms with Crippen molar-refractivity contribution in [3.05, 3.63) is 23.8 Å². The highest BCUT2D eigenvalue weighted by Gasteiger charge is 2.20. The van der Waals surface area contributed by atoms with Crippen molar-refractivity contribution in [3.63, 3.8) is 0 Å². The Hall–Kier alpha value is -1.26. The minimum atomic E-state index is 0.440. The van der Waals surface area contributed by atoms with Crippen molar-refractivity contribution >= 4 is 0 Å². The molecule has 1 aliphatic heterocycles. The van der Waals surface area contributed by atoms with Crippen molar-refractivity contribution in [2.24, 2.45) is 0 Å². The Morgan fingerprint density at radius 1 is 1.13 bits per heavy atom. The molecule has 1 fully saturated rings. The summed E-state index contributed by atoms with van der Waals surface area (Å²) >= 11 is 0. The number of hydrogen-bond donors (Lipinski definition) is 2. The van der Waals surface area contributed by atoms with E-state index in [2.05, 4.69) is 10.9 Å². The Balaban J connectivity index is 2.32. The molecule has 2 N–H and O–H groups in total. The fraction of sp³-hybridized carbons (Fsp3) is 0.455. The van der Waals surface area contributed by atoms with Gasteiger partial charge in [0.15, 0.2) is 0 Å². The van der Waals surface area contributed by atoms with Crippen LogP contribution in [-0.4, -0.2) is 27.3 Å². The molecule has 0 spiro atoms. The van der Waals surface area contributed by atoms with Gasteiger partial charge in [-0.1, -0.05) is 0 Å². The second kappa shape index (κ2) is 4.51. The first-order valence-electron chi connectivity index (χ1n) is 5.03. The lowest BCUT2D eigenvalue weighted by atomic mass is 9.99. The van der Waals surface area contributed by atoms with Gasteiger partial charge >= 0.3 is 0 Å². The average Bonchev–Trinajstić information content (AvgIpc) is 2.81. The van der Waals surface area contributed by atoms with Crippen molar-refractivity contribution < 1.29 is 9.47 Å². The smallest absolute Gasteiger partial charge is 0.122 e. The van der Waals surface area contributed by atoms with Crippen LogP contribution in [0.3, 0.4) is 0 Å². The van der Waals surface area contributed by atoms with Crippen LogP contribution in [0.2, 0.25) is 0 Å². The number of hydrogen-bond acceptors (Lipinski definition) is 4. The van der Waals surface area contributed by atoms with Crippen LogP contribution in [0.15, 0.2) is 18.2 Å². The molecule has 1 heterocycles. The highest BCUT2D eigenvalue weighted by Crippen LogP contribution is 2.30. The minimum absolute atomic E-state index is 0.440. The third kappa shape index (κ3) is 2.06. The largest absolute Gasteiger partial charge is 0.497 e. The second-order valence-electron chi connectivity index (χ2n) is 3.57. The predicted octanol–water partition coefficient (Wildman–Crippen LogP) is 0.895. The molecule has 1 aromatic carbocycles. The van der Waals surface area contributed by atoms with E-state index < -0.39 is 0 Å². The van der Waals surface area contributed by atoms with Crippen molar-refractivity contribution in [2.45, 2.75) is 5.92 Å². The van der Waals surface area contributed by atoms with Crippen LogP contribution in [0.4, 0.5) is 0 Å². The van der Waals surface area contributed by atoms with Crippen LogP contribution in [-0.2, 0) is 0 Å². The van der Waals surface area contributed by atoms with E-state index in [9.17, 15) is 0 Å². The van der Waals surface area contributed by atoms with E-state index in [0.717, 1.165) is 24.6 Å². The number of nitrogens with one attached hydrogen (secondary N) is 2. The number of methoxy groups -OCH3 is 2. The Kier molecular flexibility index (Phi) is 3.08. The lowest BCUT2D eigenvalue weighted by molar-refractivity contribution is 0.396. The van der Waals surface area contributed by atoms with Crippen molar-refractivity contribution in [3.8, 4) is 11.5 Å². The van der Waals surface area contributed by atoms with Crippen LogP contribution in [0.25, 0.3) is 0 Å². The van der Waals surface area contributed by atoms with Crippen LogP contribution in [0, 0.1) is 0 Å². The van der Waals surface area contributed by atoms with Crippen LogP contribution in [0.1, 0.15) is 11.5 Å². The van der Waals surface area contributed by atoms with Gasteiger partial charge in [-0.25, -0.2) is 0 Å². The maximum absolute atomic E-state index is 5.35. The third-order valence-corrected chi connectivity index (χ3v) is 2.70. The SMILES string of the molecule is COc1ccc(OC)c(C2CNNC2)c1. The zero-order valence-electron chi connectivity index (χ0n) is 9.04. The Labute approximate surface area is 89.5 Å². The standard InChI is InChI=1S/C11H16N2O2/c1-14-9-3-4-11(15-2)10(5-9)8-6-12-13-7-8/h3-5,8,12-13H,6-7H2,1-2H3. The summed E-state index contributed by atoms with van der Waals surface area (Å²) in [6.07, 6.45) is 0. The Morgan fingerprint density at radius 2 is 1.87 bits per heavy atom. The Morgan fingerprint density at radius 3 is 2.47 bits per heavy atom. The molecule has 0 aromatic heterocycles. The molecule has 82 valence electrons. The van der Waals surface area contributed by atoms with Gasteiger partial charge in [0, 0.05) is 24.6 Å². The zero-order valence-corrected chi connectivity index (χ0v) is 9.04. The summed E-state index contributed by atoms with van der Waals surface area (Å²) in [4.78, 5) is 0. The molecule has 4 nitrogen and oxygen atoms in total. The number of ether oxygens (including phenoxy) is 2. The summed E-state index contributed by atoms with van der Waals surface area (Å²) in [6.45, 7) is 1.84. The van der Waals surface area contributed by atoms with E-state index in [4.69, 9.17) is 9.47 Å². The highest BCUT2D eigenvalue weighted by molar-refractivity contribution is 5.43. The molecule has 0 aliphatic carbocycles. The van der Waals surface area contributed by atoms with E-state index in [1.54, 1.807) is 14.2 Å². The molecule has 1 saturated heterocycles. The quantitative estimate of drug-likeness (QED) is 0.774. The molecule has 0 atom stereocenters. The summed E-state index contributed by atoms with van der Waals surface area (Å²) in [5.41, 5.74) is 7.42. The maximum Gasteiger partial charge on any atom is 0.122 e. The van der Waals surface area contributed by atoms with E-state index >= 15 is 0 Å². The van der Waals surface area contributed by atoms with Gasteiger partial charge in [0.25, 0.3) is 0 Å². The number of benzene rings is 1. The zero-order chi connectivity index (χ0) is 10.7.